The van der Waals surface area contributed by atoms with E-state index in [9.17, 15) is 4.79 Å². The first-order valence-electron chi connectivity index (χ1n) is 7.24. The van der Waals surface area contributed by atoms with Gasteiger partial charge in [0.2, 0.25) is 5.91 Å². The SMILES string of the molecule is NC(CN1CCN(C(=O)C2Cc3ccccc32)CC1)=NO. The van der Waals surface area contributed by atoms with Gasteiger partial charge in [-0.25, -0.2) is 0 Å². The molecule has 1 aromatic rings. The number of carbonyl (C=O) groups is 1. The highest BCUT2D eigenvalue weighted by Gasteiger charge is 2.35. The van der Waals surface area contributed by atoms with E-state index in [0.717, 1.165) is 19.5 Å². The molecule has 3 rings (SSSR count). The first-order chi connectivity index (χ1) is 10.2. The Hall–Kier alpha value is -2.08. The summed E-state index contributed by atoms with van der Waals surface area (Å²) >= 11 is 0. The molecule has 1 saturated heterocycles. The van der Waals surface area contributed by atoms with Gasteiger partial charge in [0.1, 0.15) is 0 Å². The molecule has 1 aromatic carbocycles. The number of fused-ring (bicyclic) bond motifs is 1. The number of oxime groups is 1. The average molecular weight is 288 g/mol. The molecule has 6 nitrogen and oxygen atoms in total. The van der Waals surface area contributed by atoms with E-state index in [1.807, 2.05) is 17.0 Å². The molecule has 21 heavy (non-hydrogen) atoms. The Kier molecular flexibility index (Phi) is 3.79. The number of hydrogen-bond donors (Lipinski definition) is 2. The molecule has 1 fully saturated rings. The van der Waals surface area contributed by atoms with Gasteiger partial charge in [0.05, 0.1) is 12.5 Å². The second-order valence-corrected chi connectivity index (χ2v) is 5.65. The molecule has 0 saturated carbocycles. The molecule has 1 amide bonds. The van der Waals surface area contributed by atoms with Crippen LogP contribution in [0.25, 0.3) is 0 Å². The Morgan fingerprint density at radius 3 is 2.67 bits per heavy atom. The molecule has 1 unspecified atom stereocenters. The lowest BCUT2D eigenvalue weighted by molar-refractivity contribution is -0.135. The molecule has 3 N–H and O–H groups in total. The highest BCUT2D eigenvalue weighted by molar-refractivity contribution is 5.87. The van der Waals surface area contributed by atoms with Crippen LogP contribution in [0.2, 0.25) is 0 Å². The monoisotopic (exact) mass is 288 g/mol. The standard InChI is InChI=1S/C15H20N4O2/c16-14(17-21)10-18-5-7-19(8-6-18)15(20)13-9-11-3-1-2-4-12(11)13/h1-4,13,21H,5-10H2,(H2,16,17). The normalized spacial score (nSPS) is 22.6. The van der Waals surface area contributed by atoms with E-state index in [2.05, 4.69) is 22.2 Å². The summed E-state index contributed by atoms with van der Waals surface area (Å²) in [6.07, 6.45) is 0.860. The average Bonchev–Trinajstić information content (AvgIpc) is 2.49. The number of rotatable bonds is 3. The summed E-state index contributed by atoms with van der Waals surface area (Å²) in [5, 5.41) is 11.6. The third kappa shape index (κ3) is 2.71. The molecule has 2 aliphatic rings. The summed E-state index contributed by atoms with van der Waals surface area (Å²) in [5.74, 6) is 0.483. The lowest BCUT2D eigenvalue weighted by Gasteiger charge is -2.38. The lowest BCUT2D eigenvalue weighted by atomic mass is 9.77. The van der Waals surface area contributed by atoms with Gasteiger partial charge < -0.3 is 15.8 Å². The van der Waals surface area contributed by atoms with Crippen molar-refractivity contribution in [3.8, 4) is 0 Å². The van der Waals surface area contributed by atoms with Crippen molar-refractivity contribution < 1.29 is 10.0 Å². The number of amides is 1. The van der Waals surface area contributed by atoms with E-state index in [0.29, 0.717) is 19.6 Å². The molecule has 0 radical (unpaired) electrons. The number of piperazine rings is 1. The van der Waals surface area contributed by atoms with Crippen molar-refractivity contribution in [3.05, 3.63) is 35.4 Å². The second kappa shape index (κ2) is 5.73. The molecule has 1 atom stereocenters. The largest absolute Gasteiger partial charge is 0.409 e. The molecule has 6 heteroatoms. The van der Waals surface area contributed by atoms with Crippen LogP contribution in [-0.2, 0) is 11.2 Å². The van der Waals surface area contributed by atoms with Crippen LogP contribution >= 0.6 is 0 Å². The van der Waals surface area contributed by atoms with Crippen molar-refractivity contribution in [1.29, 1.82) is 0 Å². The lowest BCUT2D eigenvalue weighted by Crippen LogP contribution is -2.52. The van der Waals surface area contributed by atoms with Gasteiger partial charge in [0, 0.05) is 26.2 Å². The van der Waals surface area contributed by atoms with E-state index < -0.39 is 0 Å². The smallest absolute Gasteiger partial charge is 0.230 e. The maximum atomic E-state index is 12.5. The highest BCUT2D eigenvalue weighted by Crippen LogP contribution is 2.36. The molecule has 1 aliphatic heterocycles. The van der Waals surface area contributed by atoms with Gasteiger partial charge in [0.15, 0.2) is 5.84 Å². The van der Waals surface area contributed by atoms with Crippen LogP contribution in [-0.4, -0.2) is 59.5 Å². The first kappa shape index (κ1) is 13.9. The summed E-state index contributed by atoms with van der Waals surface area (Å²) in [6, 6.07) is 8.16. The molecular formula is C15H20N4O2. The van der Waals surface area contributed by atoms with Crippen molar-refractivity contribution >= 4 is 11.7 Å². The summed E-state index contributed by atoms with van der Waals surface area (Å²) < 4.78 is 0. The number of carbonyl (C=O) groups excluding carboxylic acids is 1. The number of hydrogen-bond acceptors (Lipinski definition) is 4. The maximum absolute atomic E-state index is 12.5. The van der Waals surface area contributed by atoms with Crippen molar-refractivity contribution in [2.24, 2.45) is 10.9 Å². The number of amidine groups is 1. The van der Waals surface area contributed by atoms with E-state index in [-0.39, 0.29) is 17.7 Å². The minimum atomic E-state index is 0.0387. The molecule has 0 aromatic heterocycles. The molecule has 1 aliphatic carbocycles. The Balaban J connectivity index is 1.55. The minimum Gasteiger partial charge on any atom is -0.409 e. The van der Waals surface area contributed by atoms with Crippen molar-refractivity contribution in [1.82, 2.24) is 9.80 Å². The Labute approximate surface area is 123 Å². The van der Waals surface area contributed by atoms with Crippen LogP contribution in [0.4, 0.5) is 0 Å². The fourth-order valence-corrected chi connectivity index (χ4v) is 3.09. The maximum Gasteiger partial charge on any atom is 0.230 e. The zero-order valence-electron chi connectivity index (χ0n) is 11.9. The molecule has 112 valence electrons. The van der Waals surface area contributed by atoms with E-state index in [4.69, 9.17) is 10.9 Å². The highest BCUT2D eigenvalue weighted by atomic mass is 16.4. The van der Waals surface area contributed by atoms with Crippen LogP contribution in [0.1, 0.15) is 17.0 Å². The summed E-state index contributed by atoms with van der Waals surface area (Å²) in [7, 11) is 0. The van der Waals surface area contributed by atoms with Crippen LogP contribution in [0, 0.1) is 0 Å². The third-order valence-corrected chi connectivity index (χ3v) is 4.35. The Morgan fingerprint density at radius 1 is 1.29 bits per heavy atom. The molecular weight excluding hydrogens is 268 g/mol. The first-order valence-corrected chi connectivity index (χ1v) is 7.24. The predicted molar refractivity (Wildman–Crippen MR) is 79.3 cm³/mol. The van der Waals surface area contributed by atoms with Gasteiger partial charge >= 0.3 is 0 Å². The van der Waals surface area contributed by atoms with Gasteiger partial charge in [-0.05, 0) is 17.5 Å². The van der Waals surface area contributed by atoms with Gasteiger partial charge in [-0.2, -0.15) is 0 Å². The Morgan fingerprint density at radius 2 is 2.00 bits per heavy atom. The van der Waals surface area contributed by atoms with Crippen LogP contribution < -0.4 is 5.73 Å². The number of nitrogens with two attached hydrogens (primary N) is 1. The topological polar surface area (TPSA) is 82.2 Å². The van der Waals surface area contributed by atoms with Gasteiger partial charge in [0.25, 0.3) is 0 Å². The fraction of sp³-hybridized carbons (Fsp3) is 0.467. The molecule has 1 heterocycles. The summed E-state index contributed by atoms with van der Waals surface area (Å²) in [5.41, 5.74) is 7.98. The molecule has 0 bridgehead atoms. The zero-order chi connectivity index (χ0) is 14.8. The molecule has 0 spiro atoms. The minimum absolute atomic E-state index is 0.0387. The summed E-state index contributed by atoms with van der Waals surface area (Å²) in [4.78, 5) is 16.6. The summed E-state index contributed by atoms with van der Waals surface area (Å²) in [6.45, 7) is 3.38. The number of benzene rings is 1. The second-order valence-electron chi connectivity index (χ2n) is 5.65. The van der Waals surface area contributed by atoms with E-state index in [1.165, 1.54) is 11.1 Å². The van der Waals surface area contributed by atoms with Gasteiger partial charge in [-0.15, -0.1) is 0 Å². The van der Waals surface area contributed by atoms with Crippen molar-refractivity contribution in [3.63, 3.8) is 0 Å². The van der Waals surface area contributed by atoms with E-state index in [1.54, 1.807) is 0 Å². The van der Waals surface area contributed by atoms with Crippen molar-refractivity contribution in [2.45, 2.75) is 12.3 Å². The van der Waals surface area contributed by atoms with Gasteiger partial charge in [-0.1, -0.05) is 29.4 Å². The fourth-order valence-electron chi connectivity index (χ4n) is 3.09. The zero-order valence-corrected chi connectivity index (χ0v) is 11.9. The van der Waals surface area contributed by atoms with Crippen LogP contribution in [0.5, 0.6) is 0 Å². The third-order valence-electron chi connectivity index (χ3n) is 4.35. The number of nitrogens with zero attached hydrogens (tertiary/aromatic N) is 3. The van der Waals surface area contributed by atoms with Crippen LogP contribution in [0.15, 0.2) is 29.4 Å². The quantitative estimate of drug-likeness (QED) is 0.361. The van der Waals surface area contributed by atoms with Crippen molar-refractivity contribution in [2.75, 3.05) is 32.7 Å². The van der Waals surface area contributed by atoms with E-state index >= 15 is 0 Å². The van der Waals surface area contributed by atoms with Crippen LogP contribution in [0.3, 0.4) is 0 Å². The van der Waals surface area contributed by atoms with Gasteiger partial charge in [-0.3, -0.25) is 9.69 Å². The predicted octanol–water partition coefficient (Wildman–Crippen LogP) is 0.217. The Bertz CT molecular complexity index is 565.